The largest absolute Gasteiger partial charge is 0.507 e. The predicted molar refractivity (Wildman–Crippen MR) is 124 cm³/mol. The Hall–Kier alpha value is -2.77. The van der Waals surface area contributed by atoms with Crippen LogP contribution in [0.5, 0.6) is 5.75 Å². The van der Waals surface area contributed by atoms with E-state index in [-0.39, 0.29) is 17.1 Å². The lowest BCUT2D eigenvalue weighted by atomic mass is 9.84. The van der Waals surface area contributed by atoms with Crippen molar-refractivity contribution in [2.75, 3.05) is 25.5 Å². The molecular weight excluding hydrogens is 412 g/mol. The van der Waals surface area contributed by atoms with Crippen LogP contribution < -0.4 is 4.90 Å². The van der Waals surface area contributed by atoms with Gasteiger partial charge in [-0.25, -0.2) is 0 Å². The summed E-state index contributed by atoms with van der Waals surface area (Å²) in [5.41, 5.74) is 2.69. The minimum atomic E-state index is -1.07. The number of carbonyl (C=O) groups excluding carboxylic acids is 1. The summed E-state index contributed by atoms with van der Waals surface area (Å²) in [6.45, 7) is 6.25. The van der Waals surface area contributed by atoms with Crippen LogP contribution in [0, 0.1) is 0 Å². The molecule has 0 unspecified atom stereocenters. The molecule has 0 aromatic heterocycles. The van der Waals surface area contributed by atoms with Gasteiger partial charge in [0.05, 0.1) is 10.6 Å². The van der Waals surface area contributed by atoms with Gasteiger partial charge in [-0.1, -0.05) is 44.7 Å². The molecule has 0 saturated carbocycles. The van der Waals surface area contributed by atoms with Gasteiger partial charge in [0.2, 0.25) is 0 Å². The number of fused-ring (bicyclic) bond motifs is 1. The lowest BCUT2D eigenvalue weighted by Crippen LogP contribution is -2.38. The molecule has 31 heavy (non-hydrogen) atoms. The van der Waals surface area contributed by atoms with Gasteiger partial charge in [0, 0.05) is 22.6 Å². The van der Waals surface area contributed by atoms with E-state index in [0.717, 1.165) is 21.6 Å². The second-order valence-corrected chi connectivity index (χ2v) is 10.0. The molecular formula is C24H28N2O4S. The summed E-state index contributed by atoms with van der Waals surface area (Å²) < 4.78 is 0. The average molecular weight is 441 g/mol. The molecule has 1 heterocycles. The molecule has 0 atom stereocenters. The summed E-state index contributed by atoms with van der Waals surface area (Å²) in [5, 5.41) is 20.1. The van der Waals surface area contributed by atoms with Crippen LogP contribution in [-0.2, 0) is 21.5 Å². The fourth-order valence-electron chi connectivity index (χ4n) is 3.54. The third-order valence-electron chi connectivity index (χ3n) is 4.93. The first kappa shape index (κ1) is 22.9. The highest BCUT2D eigenvalue weighted by Crippen LogP contribution is 2.43. The van der Waals surface area contributed by atoms with E-state index in [1.54, 1.807) is 18.2 Å². The third-order valence-corrected chi connectivity index (χ3v) is 6.01. The Bertz CT molecular complexity index is 1050. The normalized spacial score (nSPS) is 15.5. The standard InChI is InChI=1S/C24H28N2O4S/c1-24(2,3)17-11-15(10-16(22(17)29)13-25(4)5)12-20-23(30)26(14-21(27)28)18-8-6-7-9-19(18)31-20/h6-12,29H,13-14H2,1-5H3,(H,27,28). The molecule has 0 saturated heterocycles. The van der Waals surface area contributed by atoms with Crippen molar-refractivity contribution in [3.05, 3.63) is 58.0 Å². The molecule has 0 bridgehead atoms. The van der Waals surface area contributed by atoms with Crippen molar-refractivity contribution in [1.82, 2.24) is 4.90 Å². The van der Waals surface area contributed by atoms with Crippen molar-refractivity contribution in [2.45, 2.75) is 37.6 Å². The first-order valence-corrected chi connectivity index (χ1v) is 10.8. The molecule has 3 rings (SSSR count). The molecule has 0 fully saturated rings. The number of aromatic hydroxyl groups is 1. The highest BCUT2D eigenvalue weighted by Gasteiger charge is 2.30. The van der Waals surface area contributed by atoms with E-state index in [1.807, 2.05) is 64.0 Å². The number of nitrogens with zero attached hydrogens (tertiary/aromatic N) is 2. The molecule has 1 aliphatic rings. The van der Waals surface area contributed by atoms with Gasteiger partial charge in [0.25, 0.3) is 5.91 Å². The van der Waals surface area contributed by atoms with Gasteiger partial charge in [0.15, 0.2) is 0 Å². The van der Waals surface area contributed by atoms with Crippen molar-refractivity contribution in [1.29, 1.82) is 0 Å². The molecule has 6 nitrogen and oxygen atoms in total. The van der Waals surface area contributed by atoms with Crippen molar-refractivity contribution in [2.24, 2.45) is 0 Å². The molecule has 2 aromatic carbocycles. The first-order valence-electron chi connectivity index (χ1n) is 10.0. The molecule has 0 aliphatic carbocycles. The molecule has 1 aliphatic heterocycles. The van der Waals surface area contributed by atoms with Gasteiger partial charge < -0.3 is 15.1 Å². The van der Waals surface area contributed by atoms with Crippen LogP contribution in [0.1, 0.15) is 37.5 Å². The Morgan fingerprint density at radius 2 is 1.87 bits per heavy atom. The minimum Gasteiger partial charge on any atom is -0.507 e. The van der Waals surface area contributed by atoms with Crippen LogP contribution >= 0.6 is 11.8 Å². The number of phenolic OH excluding ortho intramolecular Hbond substituents is 1. The molecule has 2 aromatic rings. The van der Waals surface area contributed by atoms with Crippen LogP contribution in [0.4, 0.5) is 5.69 Å². The maximum atomic E-state index is 13.2. The molecule has 1 amide bonds. The van der Waals surface area contributed by atoms with E-state index in [4.69, 9.17) is 0 Å². The summed E-state index contributed by atoms with van der Waals surface area (Å²) in [6, 6.07) is 11.1. The highest BCUT2D eigenvalue weighted by atomic mass is 32.2. The average Bonchev–Trinajstić information content (AvgIpc) is 2.66. The van der Waals surface area contributed by atoms with Gasteiger partial charge >= 0.3 is 5.97 Å². The van der Waals surface area contributed by atoms with Gasteiger partial charge in [-0.15, -0.1) is 0 Å². The number of carboxylic acids is 1. The Balaban J connectivity index is 2.12. The number of phenols is 1. The van der Waals surface area contributed by atoms with Gasteiger partial charge in [-0.05, 0) is 55.4 Å². The van der Waals surface area contributed by atoms with Crippen molar-refractivity contribution in [3.63, 3.8) is 0 Å². The molecule has 0 radical (unpaired) electrons. The first-order chi connectivity index (χ1) is 14.5. The maximum absolute atomic E-state index is 13.2. The number of carbonyl (C=O) groups is 2. The van der Waals surface area contributed by atoms with Crippen LogP contribution in [0.3, 0.4) is 0 Å². The van der Waals surface area contributed by atoms with Crippen LogP contribution in [-0.4, -0.2) is 47.6 Å². The van der Waals surface area contributed by atoms with E-state index in [1.165, 1.54) is 16.7 Å². The summed E-state index contributed by atoms with van der Waals surface area (Å²) >= 11 is 1.33. The number of para-hydroxylation sites is 1. The van der Waals surface area contributed by atoms with E-state index in [9.17, 15) is 19.8 Å². The smallest absolute Gasteiger partial charge is 0.323 e. The Kier molecular flexibility index (Phi) is 6.48. The summed E-state index contributed by atoms with van der Waals surface area (Å²) in [4.78, 5) is 29.1. The van der Waals surface area contributed by atoms with Crippen LogP contribution in [0.25, 0.3) is 6.08 Å². The number of hydrogen-bond acceptors (Lipinski definition) is 5. The van der Waals surface area contributed by atoms with Crippen LogP contribution in [0.15, 0.2) is 46.2 Å². The SMILES string of the molecule is CN(C)Cc1cc(C=C2Sc3ccccc3N(CC(=O)O)C2=O)cc(C(C)(C)C)c1O. The maximum Gasteiger partial charge on any atom is 0.323 e. The third kappa shape index (κ3) is 5.11. The number of anilines is 1. The monoisotopic (exact) mass is 440 g/mol. The number of carboxylic acid groups (broad SMARTS) is 1. The van der Waals surface area contributed by atoms with Gasteiger partial charge in [0.1, 0.15) is 12.3 Å². The fraction of sp³-hybridized carbons (Fsp3) is 0.333. The van der Waals surface area contributed by atoms with Crippen molar-refractivity contribution in [3.8, 4) is 5.75 Å². The fourth-order valence-corrected chi connectivity index (χ4v) is 4.60. The Morgan fingerprint density at radius 3 is 2.48 bits per heavy atom. The summed E-state index contributed by atoms with van der Waals surface area (Å²) in [6.07, 6.45) is 1.78. The lowest BCUT2D eigenvalue weighted by Gasteiger charge is -2.29. The van der Waals surface area contributed by atoms with E-state index in [2.05, 4.69) is 0 Å². The second-order valence-electron chi connectivity index (χ2n) is 8.93. The predicted octanol–water partition coefficient (Wildman–Crippen LogP) is 4.32. The second kappa shape index (κ2) is 8.77. The van der Waals surface area contributed by atoms with E-state index >= 15 is 0 Å². The number of amides is 1. The lowest BCUT2D eigenvalue weighted by molar-refractivity contribution is -0.136. The topological polar surface area (TPSA) is 81.1 Å². The number of benzene rings is 2. The van der Waals surface area contributed by atoms with E-state index in [0.29, 0.717) is 17.1 Å². The number of aliphatic carboxylic acids is 1. The number of thioether (sulfide) groups is 1. The zero-order valence-electron chi connectivity index (χ0n) is 18.5. The summed E-state index contributed by atoms with van der Waals surface area (Å²) in [5.74, 6) is -1.14. The molecule has 2 N–H and O–H groups in total. The molecule has 164 valence electrons. The molecule has 7 heteroatoms. The zero-order chi connectivity index (χ0) is 22.9. The Labute approximate surface area is 187 Å². The molecule has 0 spiro atoms. The van der Waals surface area contributed by atoms with Crippen molar-refractivity contribution >= 4 is 35.4 Å². The van der Waals surface area contributed by atoms with Gasteiger partial charge in [-0.2, -0.15) is 0 Å². The number of rotatable bonds is 5. The number of hydrogen-bond donors (Lipinski definition) is 2. The van der Waals surface area contributed by atoms with Crippen LogP contribution in [0.2, 0.25) is 0 Å². The summed E-state index contributed by atoms with van der Waals surface area (Å²) in [7, 11) is 3.87. The quantitative estimate of drug-likeness (QED) is 0.674. The zero-order valence-corrected chi connectivity index (χ0v) is 19.3. The van der Waals surface area contributed by atoms with Gasteiger partial charge in [-0.3, -0.25) is 14.5 Å². The minimum absolute atomic E-state index is 0.267. The highest BCUT2D eigenvalue weighted by molar-refractivity contribution is 8.04. The Morgan fingerprint density at radius 1 is 1.19 bits per heavy atom. The van der Waals surface area contributed by atoms with Crippen molar-refractivity contribution < 1.29 is 19.8 Å². The van der Waals surface area contributed by atoms with E-state index < -0.39 is 12.5 Å².